The number of carbonyl (C=O) groups excluding carboxylic acids is 1. The van der Waals surface area contributed by atoms with E-state index in [1.807, 2.05) is 0 Å². The highest BCUT2D eigenvalue weighted by atomic mass is 16.1. The number of Topliss-reactive ketones (excluding diaryl/α,β-unsaturated/α-hetero) is 1. The van der Waals surface area contributed by atoms with Crippen LogP contribution in [0, 0.1) is 0 Å². The van der Waals surface area contributed by atoms with Crippen LogP contribution in [0.3, 0.4) is 0 Å². The second-order valence-corrected chi connectivity index (χ2v) is 8.23. The van der Waals surface area contributed by atoms with Gasteiger partial charge in [0, 0.05) is 37.8 Å². The standard InChI is InChI=1S/C22H32N2O/c25-21-13-16-24(20-11-7-4-8-12-20)22(21)14-17-23(18-15-22)19-9-5-2-1-3-6-10-19/h4,7-8,11-12,19H,1-3,5-6,9-10,13-18H2. The van der Waals surface area contributed by atoms with Gasteiger partial charge in [-0.2, -0.15) is 0 Å². The first-order valence-corrected chi connectivity index (χ1v) is 10.4. The van der Waals surface area contributed by atoms with Crippen molar-refractivity contribution in [3.05, 3.63) is 30.3 Å². The highest BCUT2D eigenvalue weighted by molar-refractivity contribution is 5.95. The third-order valence-corrected chi connectivity index (χ3v) is 6.88. The predicted molar refractivity (Wildman–Crippen MR) is 103 cm³/mol. The number of hydrogen-bond acceptors (Lipinski definition) is 3. The zero-order valence-electron chi connectivity index (χ0n) is 15.5. The summed E-state index contributed by atoms with van der Waals surface area (Å²) in [6, 6.07) is 11.3. The number of hydrogen-bond donors (Lipinski definition) is 0. The summed E-state index contributed by atoms with van der Waals surface area (Å²) in [5, 5.41) is 0. The summed E-state index contributed by atoms with van der Waals surface area (Å²) >= 11 is 0. The molecule has 1 aromatic carbocycles. The van der Waals surface area contributed by atoms with Crippen molar-refractivity contribution in [3.63, 3.8) is 0 Å². The summed E-state index contributed by atoms with van der Waals surface area (Å²) in [7, 11) is 0. The Labute approximate surface area is 152 Å². The van der Waals surface area contributed by atoms with Gasteiger partial charge in [0.15, 0.2) is 5.78 Å². The summed E-state index contributed by atoms with van der Waals surface area (Å²) in [4.78, 5) is 18.0. The van der Waals surface area contributed by atoms with E-state index in [1.165, 1.54) is 50.6 Å². The molecule has 0 atom stereocenters. The molecule has 0 N–H and O–H groups in total. The number of benzene rings is 1. The molecule has 3 fully saturated rings. The number of para-hydroxylation sites is 1. The molecule has 1 aromatic rings. The third-order valence-electron chi connectivity index (χ3n) is 6.88. The fourth-order valence-electron chi connectivity index (χ4n) is 5.40. The minimum Gasteiger partial charge on any atom is -0.358 e. The van der Waals surface area contributed by atoms with E-state index in [0.717, 1.165) is 44.9 Å². The lowest BCUT2D eigenvalue weighted by Crippen LogP contribution is -2.57. The van der Waals surface area contributed by atoms with E-state index in [4.69, 9.17) is 0 Å². The van der Waals surface area contributed by atoms with Crippen LogP contribution in [0.5, 0.6) is 0 Å². The van der Waals surface area contributed by atoms with Crippen LogP contribution in [-0.2, 0) is 4.79 Å². The van der Waals surface area contributed by atoms with E-state index in [9.17, 15) is 4.79 Å². The Hall–Kier alpha value is -1.35. The number of ketones is 1. The van der Waals surface area contributed by atoms with Gasteiger partial charge in [-0.25, -0.2) is 0 Å². The van der Waals surface area contributed by atoms with Gasteiger partial charge in [-0.15, -0.1) is 0 Å². The molecule has 1 aliphatic carbocycles. The molecule has 136 valence electrons. The first-order chi connectivity index (χ1) is 12.3. The monoisotopic (exact) mass is 340 g/mol. The predicted octanol–water partition coefficient (Wildman–Crippen LogP) is 4.41. The highest BCUT2D eigenvalue weighted by Crippen LogP contribution is 2.40. The van der Waals surface area contributed by atoms with Crippen molar-refractivity contribution in [1.29, 1.82) is 0 Å². The smallest absolute Gasteiger partial charge is 0.160 e. The van der Waals surface area contributed by atoms with E-state index in [1.54, 1.807) is 0 Å². The number of likely N-dealkylation sites (tertiary alicyclic amines) is 1. The summed E-state index contributed by atoms with van der Waals surface area (Å²) < 4.78 is 0. The minimum atomic E-state index is -0.223. The fourth-order valence-corrected chi connectivity index (χ4v) is 5.40. The van der Waals surface area contributed by atoms with Crippen molar-refractivity contribution < 1.29 is 4.79 Å². The van der Waals surface area contributed by atoms with Crippen molar-refractivity contribution in [2.75, 3.05) is 24.5 Å². The molecule has 0 radical (unpaired) electrons. The second-order valence-electron chi connectivity index (χ2n) is 8.23. The topological polar surface area (TPSA) is 23.6 Å². The average Bonchev–Trinajstić information content (AvgIpc) is 2.93. The molecule has 1 spiro atoms. The van der Waals surface area contributed by atoms with Crippen LogP contribution in [-0.4, -0.2) is 41.9 Å². The van der Waals surface area contributed by atoms with Gasteiger partial charge in [0.05, 0.1) is 0 Å². The lowest BCUT2D eigenvalue weighted by molar-refractivity contribution is -0.123. The van der Waals surface area contributed by atoms with Gasteiger partial charge in [0.2, 0.25) is 0 Å². The number of nitrogens with zero attached hydrogens (tertiary/aromatic N) is 2. The Morgan fingerprint density at radius 3 is 2.16 bits per heavy atom. The lowest BCUT2D eigenvalue weighted by Gasteiger charge is -2.47. The Morgan fingerprint density at radius 1 is 0.840 bits per heavy atom. The Bertz CT molecular complexity index is 569. The quantitative estimate of drug-likeness (QED) is 0.796. The maximum Gasteiger partial charge on any atom is 0.160 e. The van der Waals surface area contributed by atoms with Gasteiger partial charge < -0.3 is 9.80 Å². The molecule has 25 heavy (non-hydrogen) atoms. The molecule has 3 aliphatic rings. The molecule has 0 bridgehead atoms. The van der Waals surface area contributed by atoms with Gasteiger partial charge in [0.1, 0.15) is 5.54 Å². The Balaban J connectivity index is 1.46. The number of carbonyl (C=O) groups is 1. The van der Waals surface area contributed by atoms with Crippen molar-refractivity contribution in [2.45, 2.75) is 75.8 Å². The van der Waals surface area contributed by atoms with Gasteiger partial charge in [-0.05, 0) is 37.8 Å². The van der Waals surface area contributed by atoms with Crippen LogP contribution in [0.1, 0.15) is 64.2 Å². The summed E-state index contributed by atoms with van der Waals surface area (Å²) in [6.07, 6.45) is 12.5. The zero-order chi connectivity index (χ0) is 17.1. The molecule has 0 unspecified atom stereocenters. The van der Waals surface area contributed by atoms with E-state index in [2.05, 4.69) is 40.1 Å². The van der Waals surface area contributed by atoms with Crippen LogP contribution < -0.4 is 4.90 Å². The molecule has 0 aromatic heterocycles. The van der Waals surface area contributed by atoms with E-state index in [-0.39, 0.29) is 5.54 Å². The SMILES string of the molecule is O=C1CCN(c2ccccc2)C12CCN(C1CCCCCCC1)CC2. The molecule has 2 heterocycles. The fraction of sp³-hybridized carbons (Fsp3) is 0.682. The van der Waals surface area contributed by atoms with Crippen LogP contribution in [0.4, 0.5) is 5.69 Å². The normalized spacial score (nSPS) is 25.9. The van der Waals surface area contributed by atoms with Crippen molar-refractivity contribution in [3.8, 4) is 0 Å². The largest absolute Gasteiger partial charge is 0.358 e. The highest BCUT2D eigenvalue weighted by Gasteiger charge is 2.50. The van der Waals surface area contributed by atoms with Crippen LogP contribution in [0.15, 0.2) is 30.3 Å². The molecular formula is C22H32N2O. The summed E-state index contributed by atoms with van der Waals surface area (Å²) in [5.41, 5.74) is 1.01. The van der Waals surface area contributed by atoms with Crippen LogP contribution in [0.25, 0.3) is 0 Å². The Kier molecular flexibility index (Phi) is 5.12. The Morgan fingerprint density at radius 2 is 1.48 bits per heavy atom. The molecule has 3 heteroatoms. The first-order valence-electron chi connectivity index (χ1n) is 10.4. The molecule has 1 saturated carbocycles. The third kappa shape index (κ3) is 3.36. The molecule has 2 saturated heterocycles. The van der Waals surface area contributed by atoms with Gasteiger partial charge in [-0.3, -0.25) is 4.79 Å². The minimum absolute atomic E-state index is 0.223. The number of anilines is 1. The first kappa shape index (κ1) is 17.1. The molecule has 3 nitrogen and oxygen atoms in total. The molecule has 0 amide bonds. The van der Waals surface area contributed by atoms with Crippen molar-refractivity contribution >= 4 is 11.5 Å². The zero-order valence-corrected chi connectivity index (χ0v) is 15.5. The van der Waals surface area contributed by atoms with Crippen LogP contribution >= 0.6 is 0 Å². The molecular weight excluding hydrogens is 308 g/mol. The average molecular weight is 341 g/mol. The van der Waals surface area contributed by atoms with E-state index in [0.29, 0.717) is 5.78 Å². The van der Waals surface area contributed by atoms with E-state index >= 15 is 0 Å². The summed E-state index contributed by atoms with van der Waals surface area (Å²) in [6.45, 7) is 3.09. The van der Waals surface area contributed by atoms with Gasteiger partial charge >= 0.3 is 0 Å². The number of piperidine rings is 1. The lowest BCUT2D eigenvalue weighted by atomic mass is 9.82. The van der Waals surface area contributed by atoms with Crippen molar-refractivity contribution in [2.24, 2.45) is 0 Å². The van der Waals surface area contributed by atoms with Crippen molar-refractivity contribution in [1.82, 2.24) is 4.90 Å². The maximum atomic E-state index is 12.9. The second kappa shape index (κ2) is 7.49. The van der Waals surface area contributed by atoms with Crippen LogP contribution in [0.2, 0.25) is 0 Å². The molecule has 4 rings (SSSR count). The maximum absolute atomic E-state index is 12.9. The number of rotatable bonds is 2. The molecule has 2 aliphatic heterocycles. The van der Waals surface area contributed by atoms with E-state index < -0.39 is 0 Å². The summed E-state index contributed by atoms with van der Waals surface area (Å²) in [5.74, 6) is 0.480. The van der Waals surface area contributed by atoms with Gasteiger partial charge in [0.25, 0.3) is 0 Å². The van der Waals surface area contributed by atoms with Gasteiger partial charge in [-0.1, -0.05) is 50.3 Å².